The molecule has 1 aromatic rings. The molecule has 0 spiro atoms. The molecule has 0 amide bonds. The topological polar surface area (TPSA) is 49.2 Å². The van der Waals surface area contributed by atoms with Crippen LogP contribution in [0, 0.1) is 0 Å². The summed E-state index contributed by atoms with van der Waals surface area (Å²) in [4.78, 5) is 10.2. The molecule has 1 saturated heterocycles. The fraction of sp³-hybridized carbons (Fsp3) is 0.600. The Morgan fingerprint density at radius 3 is 2.93 bits per heavy atom. The van der Waals surface area contributed by atoms with Crippen molar-refractivity contribution >= 4 is 0 Å². The second kappa shape index (κ2) is 4.48. The number of hydrogen-bond donors (Lipinski definition) is 1. The lowest BCUT2D eigenvalue weighted by Gasteiger charge is -2.21. The summed E-state index contributed by atoms with van der Waals surface area (Å²) in [5.74, 6) is 0. The molecule has 1 N–H and O–H groups in total. The molecule has 2 heterocycles. The summed E-state index contributed by atoms with van der Waals surface area (Å²) in [5.41, 5.74) is 1.12. The number of rotatable bonds is 3. The van der Waals surface area contributed by atoms with E-state index in [1.807, 2.05) is 12.4 Å². The maximum atomic E-state index is 9.14. The standard InChI is InChI=1S/C10H15N3O/c14-7-10-2-1-3-13(10)6-9-4-11-8-12-5-9/h4-5,8,10,14H,1-3,6-7H2/t10-/m1/s1. The van der Waals surface area contributed by atoms with Gasteiger partial charge in [0.2, 0.25) is 0 Å². The second-order valence-electron chi connectivity index (χ2n) is 3.70. The Balaban J connectivity index is 1.97. The number of aliphatic hydroxyl groups is 1. The number of nitrogens with zero attached hydrogens (tertiary/aromatic N) is 3. The van der Waals surface area contributed by atoms with Crippen molar-refractivity contribution in [1.82, 2.24) is 14.9 Å². The molecule has 14 heavy (non-hydrogen) atoms. The molecule has 1 atom stereocenters. The van der Waals surface area contributed by atoms with Gasteiger partial charge >= 0.3 is 0 Å². The van der Waals surface area contributed by atoms with Crippen LogP contribution in [0.3, 0.4) is 0 Å². The first-order valence-electron chi connectivity index (χ1n) is 4.99. The largest absolute Gasteiger partial charge is 0.395 e. The van der Waals surface area contributed by atoms with E-state index >= 15 is 0 Å². The molecule has 0 unspecified atom stereocenters. The monoisotopic (exact) mass is 193 g/mol. The highest BCUT2D eigenvalue weighted by Gasteiger charge is 2.23. The fourth-order valence-electron chi connectivity index (χ4n) is 1.96. The van der Waals surface area contributed by atoms with Gasteiger partial charge in [-0.15, -0.1) is 0 Å². The minimum Gasteiger partial charge on any atom is -0.395 e. The van der Waals surface area contributed by atoms with E-state index in [1.165, 1.54) is 12.7 Å². The molecule has 76 valence electrons. The summed E-state index contributed by atoms with van der Waals surface area (Å²) < 4.78 is 0. The maximum absolute atomic E-state index is 9.14. The highest BCUT2D eigenvalue weighted by molar-refractivity contribution is 5.03. The van der Waals surface area contributed by atoms with E-state index in [2.05, 4.69) is 14.9 Å². The van der Waals surface area contributed by atoms with Gasteiger partial charge in [0.25, 0.3) is 0 Å². The summed E-state index contributed by atoms with van der Waals surface area (Å²) in [7, 11) is 0. The van der Waals surface area contributed by atoms with Crippen LogP contribution in [0.4, 0.5) is 0 Å². The molecule has 0 saturated carbocycles. The minimum atomic E-state index is 0.258. The fourth-order valence-corrected chi connectivity index (χ4v) is 1.96. The van der Waals surface area contributed by atoms with Crippen LogP contribution in [0.2, 0.25) is 0 Å². The predicted molar refractivity (Wildman–Crippen MR) is 52.5 cm³/mol. The number of aromatic nitrogens is 2. The molecule has 4 heteroatoms. The molecule has 0 aromatic carbocycles. The zero-order valence-electron chi connectivity index (χ0n) is 8.13. The van der Waals surface area contributed by atoms with E-state index in [1.54, 1.807) is 0 Å². The van der Waals surface area contributed by atoms with Crippen molar-refractivity contribution < 1.29 is 5.11 Å². The smallest absolute Gasteiger partial charge is 0.115 e. The molecule has 2 rings (SSSR count). The van der Waals surface area contributed by atoms with Crippen LogP contribution in [0.1, 0.15) is 18.4 Å². The third-order valence-corrected chi connectivity index (χ3v) is 2.71. The van der Waals surface area contributed by atoms with Gasteiger partial charge < -0.3 is 5.11 Å². The SMILES string of the molecule is OC[C@H]1CCCN1Cc1cncnc1. The number of likely N-dealkylation sites (tertiary alicyclic amines) is 1. The third kappa shape index (κ3) is 2.08. The first kappa shape index (κ1) is 9.55. The zero-order chi connectivity index (χ0) is 9.80. The molecule has 0 bridgehead atoms. The van der Waals surface area contributed by atoms with E-state index in [-0.39, 0.29) is 6.61 Å². The van der Waals surface area contributed by atoms with Crippen LogP contribution in [0.5, 0.6) is 0 Å². The van der Waals surface area contributed by atoms with Crippen LogP contribution in [-0.4, -0.2) is 39.2 Å². The van der Waals surface area contributed by atoms with Gasteiger partial charge in [0.05, 0.1) is 6.61 Å². The van der Waals surface area contributed by atoms with Crippen LogP contribution in [0.25, 0.3) is 0 Å². The number of hydrogen-bond acceptors (Lipinski definition) is 4. The molecular formula is C10H15N3O. The summed E-state index contributed by atoms with van der Waals surface area (Å²) in [5, 5.41) is 9.14. The van der Waals surface area contributed by atoms with Crippen LogP contribution >= 0.6 is 0 Å². The van der Waals surface area contributed by atoms with Crippen molar-refractivity contribution in [3.8, 4) is 0 Å². The molecule has 1 aromatic heterocycles. The Morgan fingerprint density at radius 1 is 1.43 bits per heavy atom. The molecule has 0 aliphatic carbocycles. The van der Waals surface area contributed by atoms with Crippen molar-refractivity contribution in [2.45, 2.75) is 25.4 Å². The molecule has 1 aliphatic heterocycles. The van der Waals surface area contributed by atoms with E-state index in [4.69, 9.17) is 5.11 Å². The van der Waals surface area contributed by atoms with E-state index in [9.17, 15) is 0 Å². The Morgan fingerprint density at radius 2 is 2.21 bits per heavy atom. The predicted octanol–water partition coefficient (Wildman–Crippen LogP) is 0.433. The first-order valence-corrected chi connectivity index (χ1v) is 4.99. The van der Waals surface area contributed by atoms with E-state index < -0.39 is 0 Å². The lowest BCUT2D eigenvalue weighted by molar-refractivity contribution is 0.153. The summed E-state index contributed by atoms with van der Waals surface area (Å²) in [6, 6.07) is 0.329. The van der Waals surface area contributed by atoms with Gasteiger partial charge in [0.1, 0.15) is 6.33 Å². The maximum Gasteiger partial charge on any atom is 0.115 e. The molecule has 0 radical (unpaired) electrons. The van der Waals surface area contributed by atoms with E-state index in [0.717, 1.165) is 25.1 Å². The van der Waals surface area contributed by atoms with Crippen LogP contribution in [-0.2, 0) is 6.54 Å². The average molecular weight is 193 g/mol. The van der Waals surface area contributed by atoms with Gasteiger partial charge in [-0.3, -0.25) is 4.90 Å². The minimum absolute atomic E-state index is 0.258. The van der Waals surface area contributed by atoms with Crippen molar-refractivity contribution in [1.29, 1.82) is 0 Å². The summed E-state index contributed by atoms with van der Waals surface area (Å²) in [6.07, 6.45) is 7.49. The molecule has 1 fully saturated rings. The van der Waals surface area contributed by atoms with Crippen LogP contribution < -0.4 is 0 Å². The quantitative estimate of drug-likeness (QED) is 0.756. The Hall–Kier alpha value is -1.00. The van der Waals surface area contributed by atoms with Crippen molar-refractivity contribution in [2.75, 3.05) is 13.2 Å². The van der Waals surface area contributed by atoms with Gasteiger partial charge in [-0.1, -0.05) is 0 Å². The van der Waals surface area contributed by atoms with Gasteiger partial charge in [-0.25, -0.2) is 9.97 Å². The van der Waals surface area contributed by atoms with Crippen molar-refractivity contribution in [3.05, 3.63) is 24.3 Å². The van der Waals surface area contributed by atoms with Crippen molar-refractivity contribution in [3.63, 3.8) is 0 Å². The van der Waals surface area contributed by atoms with Gasteiger partial charge in [-0.2, -0.15) is 0 Å². The highest BCUT2D eigenvalue weighted by atomic mass is 16.3. The summed E-state index contributed by atoms with van der Waals surface area (Å²) >= 11 is 0. The first-order chi connectivity index (χ1) is 6.90. The van der Waals surface area contributed by atoms with Crippen LogP contribution in [0.15, 0.2) is 18.7 Å². The zero-order valence-corrected chi connectivity index (χ0v) is 8.13. The average Bonchev–Trinajstić information content (AvgIpc) is 2.67. The van der Waals surface area contributed by atoms with Gasteiger partial charge in [0, 0.05) is 30.5 Å². The van der Waals surface area contributed by atoms with Gasteiger partial charge in [-0.05, 0) is 19.4 Å². The van der Waals surface area contributed by atoms with Gasteiger partial charge in [0.15, 0.2) is 0 Å². The number of aliphatic hydroxyl groups excluding tert-OH is 1. The normalized spacial score (nSPS) is 22.8. The van der Waals surface area contributed by atoms with Crippen molar-refractivity contribution in [2.24, 2.45) is 0 Å². The summed E-state index contributed by atoms with van der Waals surface area (Å²) in [6.45, 7) is 2.18. The second-order valence-corrected chi connectivity index (χ2v) is 3.70. The third-order valence-electron chi connectivity index (χ3n) is 2.71. The molecular weight excluding hydrogens is 178 g/mol. The Labute approximate surface area is 83.6 Å². The lowest BCUT2D eigenvalue weighted by atomic mass is 10.2. The lowest BCUT2D eigenvalue weighted by Crippen LogP contribution is -2.31. The highest BCUT2D eigenvalue weighted by Crippen LogP contribution is 2.18. The molecule has 1 aliphatic rings. The van der Waals surface area contributed by atoms with E-state index in [0.29, 0.717) is 6.04 Å². The Kier molecular flexibility index (Phi) is 3.06. The Bertz CT molecular complexity index is 278. The molecule has 4 nitrogen and oxygen atoms in total.